The van der Waals surface area contributed by atoms with Crippen LogP contribution >= 0.6 is 0 Å². The molecule has 1 spiro atoms. The van der Waals surface area contributed by atoms with Gasteiger partial charge in [-0.25, -0.2) is 0 Å². The zero-order valence-corrected chi connectivity index (χ0v) is 12.4. The van der Waals surface area contributed by atoms with Gasteiger partial charge in [-0.3, -0.25) is 0 Å². The van der Waals surface area contributed by atoms with Gasteiger partial charge < -0.3 is 14.9 Å². The molecule has 3 heteroatoms. The van der Waals surface area contributed by atoms with Crippen molar-refractivity contribution < 1.29 is 14.9 Å². The summed E-state index contributed by atoms with van der Waals surface area (Å²) in [7, 11) is 0. The van der Waals surface area contributed by atoms with Crippen LogP contribution in [0.4, 0.5) is 0 Å². The molecule has 3 fully saturated rings. The normalized spacial score (nSPS) is 49.8. The predicted molar refractivity (Wildman–Crippen MR) is 77.9 cm³/mol. The van der Waals surface area contributed by atoms with Crippen LogP contribution in [-0.4, -0.2) is 22.4 Å². The van der Waals surface area contributed by atoms with Crippen LogP contribution < -0.4 is 0 Å². The van der Waals surface area contributed by atoms with Crippen LogP contribution in [0.25, 0.3) is 0 Å². The summed E-state index contributed by atoms with van der Waals surface area (Å²) in [5, 5.41) is 20.2. The van der Waals surface area contributed by atoms with Crippen LogP contribution in [0.5, 0.6) is 5.75 Å². The molecule has 2 N–H and O–H groups in total. The first-order valence-corrected chi connectivity index (χ1v) is 8.24. The third-order valence-corrected chi connectivity index (χ3v) is 7.01. The highest BCUT2D eigenvalue weighted by Crippen LogP contribution is 2.71. The second kappa shape index (κ2) is 3.64. The summed E-state index contributed by atoms with van der Waals surface area (Å²) in [6.45, 7) is 2.27. The number of aryl methyl sites for hydroxylation is 1. The highest BCUT2D eigenvalue weighted by atomic mass is 16.6. The van der Waals surface area contributed by atoms with Gasteiger partial charge in [0, 0.05) is 0 Å². The Labute approximate surface area is 124 Å². The minimum Gasteiger partial charge on any atom is -0.508 e. The third-order valence-electron chi connectivity index (χ3n) is 7.01. The maximum atomic E-state index is 10.5. The van der Waals surface area contributed by atoms with E-state index in [9.17, 15) is 10.2 Å². The molecule has 1 aliphatic heterocycles. The van der Waals surface area contributed by atoms with Crippen molar-refractivity contribution in [1.29, 1.82) is 0 Å². The van der Waals surface area contributed by atoms with E-state index >= 15 is 0 Å². The Balaban J connectivity index is 1.63. The van der Waals surface area contributed by atoms with E-state index in [1.165, 1.54) is 11.1 Å². The lowest BCUT2D eigenvalue weighted by atomic mass is 9.55. The first kappa shape index (κ1) is 12.5. The van der Waals surface area contributed by atoms with Crippen molar-refractivity contribution in [3.05, 3.63) is 29.3 Å². The Hall–Kier alpha value is -1.06. The van der Waals surface area contributed by atoms with E-state index in [-0.39, 0.29) is 23.2 Å². The first-order chi connectivity index (χ1) is 10.1. The summed E-state index contributed by atoms with van der Waals surface area (Å²) in [5.41, 5.74) is 2.51. The molecule has 6 atom stereocenters. The third kappa shape index (κ3) is 1.33. The lowest BCUT2D eigenvalue weighted by molar-refractivity contribution is -0.0185. The SMILES string of the molecule is CC12C[C@H]3O[C@]34c3ccc(O)cc3CCC4C1CCC2O. The van der Waals surface area contributed by atoms with Crippen molar-refractivity contribution in [2.45, 2.75) is 56.8 Å². The van der Waals surface area contributed by atoms with Gasteiger partial charge in [-0.2, -0.15) is 0 Å². The predicted octanol–water partition coefficient (Wildman–Crippen LogP) is 2.73. The van der Waals surface area contributed by atoms with Gasteiger partial charge in [-0.05, 0) is 72.6 Å². The van der Waals surface area contributed by atoms with E-state index in [1.54, 1.807) is 6.07 Å². The number of epoxide rings is 1. The molecule has 1 heterocycles. The van der Waals surface area contributed by atoms with Gasteiger partial charge >= 0.3 is 0 Å². The average molecular weight is 286 g/mol. The number of phenolic OH excluding ortho intramolecular Hbond substituents is 1. The fraction of sp³-hybridized carbons (Fsp3) is 0.667. The van der Waals surface area contributed by atoms with Crippen molar-refractivity contribution in [2.24, 2.45) is 17.3 Å². The molecule has 2 saturated carbocycles. The molecule has 1 saturated heterocycles. The number of hydrogen-bond acceptors (Lipinski definition) is 3. The number of ether oxygens (including phenoxy) is 1. The van der Waals surface area contributed by atoms with E-state index in [0.29, 0.717) is 17.6 Å². The zero-order chi connectivity index (χ0) is 14.4. The number of aromatic hydroxyl groups is 1. The molecule has 3 nitrogen and oxygen atoms in total. The molecule has 1 aromatic carbocycles. The Bertz CT molecular complexity index is 627. The van der Waals surface area contributed by atoms with Crippen LogP contribution in [0.15, 0.2) is 18.2 Å². The number of fused-ring (bicyclic) bond motifs is 3. The summed E-state index contributed by atoms with van der Waals surface area (Å²) < 4.78 is 6.29. The second-order valence-electron chi connectivity index (χ2n) is 7.80. The number of aliphatic hydroxyl groups excluding tert-OH is 1. The molecular formula is C18H22O3. The highest BCUT2D eigenvalue weighted by molar-refractivity contribution is 5.46. The van der Waals surface area contributed by atoms with Crippen molar-refractivity contribution in [2.75, 3.05) is 0 Å². The quantitative estimate of drug-likeness (QED) is 0.721. The maximum Gasteiger partial charge on any atom is 0.123 e. The molecule has 0 aromatic heterocycles. The van der Waals surface area contributed by atoms with Crippen LogP contribution in [0.2, 0.25) is 0 Å². The fourth-order valence-corrected chi connectivity index (χ4v) is 5.94. The van der Waals surface area contributed by atoms with Crippen LogP contribution in [0, 0.1) is 17.3 Å². The monoisotopic (exact) mass is 286 g/mol. The molecule has 3 aliphatic carbocycles. The Morgan fingerprint density at radius 3 is 2.90 bits per heavy atom. The fourth-order valence-electron chi connectivity index (χ4n) is 5.94. The standard InChI is InChI=1S/C18H22O3/c1-17-9-16-18(21-16)12-5-3-11(19)8-10(12)2-4-14(18)13(17)6-7-15(17)20/h3,5,8,13-16,19-20H,2,4,6-7,9H2,1H3/t13?,14?,15?,16-,17?,18+/m1/s1. The lowest BCUT2D eigenvalue weighted by Gasteiger charge is -2.47. The molecule has 4 aliphatic rings. The highest BCUT2D eigenvalue weighted by Gasteiger charge is 2.73. The number of benzene rings is 1. The first-order valence-electron chi connectivity index (χ1n) is 8.24. The molecule has 112 valence electrons. The summed E-state index contributed by atoms with van der Waals surface area (Å²) >= 11 is 0. The Morgan fingerprint density at radius 1 is 1.19 bits per heavy atom. The Kier molecular flexibility index (Phi) is 2.16. The molecule has 1 aromatic rings. The molecule has 4 unspecified atom stereocenters. The van der Waals surface area contributed by atoms with Gasteiger partial charge in [0.25, 0.3) is 0 Å². The van der Waals surface area contributed by atoms with E-state index in [0.717, 1.165) is 32.1 Å². The molecular weight excluding hydrogens is 264 g/mol. The van der Waals surface area contributed by atoms with Crippen LogP contribution in [-0.2, 0) is 16.8 Å². The van der Waals surface area contributed by atoms with E-state index in [2.05, 4.69) is 13.0 Å². The minimum absolute atomic E-state index is 0.0454. The summed E-state index contributed by atoms with van der Waals surface area (Å²) in [5.74, 6) is 1.47. The van der Waals surface area contributed by atoms with Crippen molar-refractivity contribution >= 4 is 0 Å². The van der Waals surface area contributed by atoms with Crippen molar-refractivity contribution in [3.63, 3.8) is 0 Å². The van der Waals surface area contributed by atoms with Gasteiger partial charge in [0.2, 0.25) is 0 Å². The van der Waals surface area contributed by atoms with Gasteiger partial charge in [-0.15, -0.1) is 0 Å². The second-order valence-corrected chi connectivity index (χ2v) is 7.80. The lowest BCUT2D eigenvalue weighted by Crippen LogP contribution is -2.48. The summed E-state index contributed by atoms with van der Waals surface area (Å²) in [4.78, 5) is 0. The molecule has 0 radical (unpaired) electrons. The molecule has 0 bridgehead atoms. The van der Waals surface area contributed by atoms with Crippen LogP contribution in [0.1, 0.15) is 43.7 Å². The van der Waals surface area contributed by atoms with E-state index < -0.39 is 0 Å². The molecule has 21 heavy (non-hydrogen) atoms. The Morgan fingerprint density at radius 2 is 2.05 bits per heavy atom. The largest absolute Gasteiger partial charge is 0.508 e. The number of phenols is 1. The molecule has 5 rings (SSSR count). The molecule has 0 amide bonds. The van der Waals surface area contributed by atoms with E-state index in [4.69, 9.17) is 4.74 Å². The van der Waals surface area contributed by atoms with Gasteiger partial charge in [0.15, 0.2) is 0 Å². The van der Waals surface area contributed by atoms with E-state index in [1.807, 2.05) is 6.07 Å². The maximum absolute atomic E-state index is 10.5. The van der Waals surface area contributed by atoms with Crippen molar-refractivity contribution in [3.8, 4) is 5.75 Å². The number of aliphatic hydroxyl groups is 1. The summed E-state index contributed by atoms with van der Waals surface area (Å²) in [6.07, 6.45) is 5.31. The number of rotatable bonds is 0. The van der Waals surface area contributed by atoms with Crippen molar-refractivity contribution in [1.82, 2.24) is 0 Å². The zero-order valence-electron chi connectivity index (χ0n) is 12.4. The van der Waals surface area contributed by atoms with Crippen LogP contribution in [0.3, 0.4) is 0 Å². The smallest absolute Gasteiger partial charge is 0.123 e. The topological polar surface area (TPSA) is 53.0 Å². The summed E-state index contributed by atoms with van der Waals surface area (Å²) in [6, 6.07) is 5.78. The number of hydrogen-bond donors (Lipinski definition) is 2. The van der Waals surface area contributed by atoms with Gasteiger partial charge in [0.05, 0.1) is 12.2 Å². The minimum atomic E-state index is -0.161. The van der Waals surface area contributed by atoms with Gasteiger partial charge in [-0.1, -0.05) is 13.0 Å². The average Bonchev–Trinajstić information content (AvgIpc) is 3.07. The van der Waals surface area contributed by atoms with Gasteiger partial charge in [0.1, 0.15) is 11.4 Å².